The molecule has 0 bridgehead atoms. The predicted molar refractivity (Wildman–Crippen MR) is 169 cm³/mol. The second-order valence-corrected chi connectivity index (χ2v) is 12.1. The van der Waals surface area contributed by atoms with Crippen molar-refractivity contribution in [1.82, 2.24) is 24.8 Å². The van der Waals surface area contributed by atoms with Gasteiger partial charge in [0.25, 0.3) is 0 Å². The first kappa shape index (κ1) is 30.4. The molecule has 1 aromatic heterocycles. The Bertz CT molecular complexity index is 1730. The number of thiazole rings is 1. The van der Waals surface area contributed by atoms with Crippen LogP contribution in [0.3, 0.4) is 0 Å². The number of rotatable bonds is 9. The third kappa shape index (κ3) is 6.31. The van der Waals surface area contributed by atoms with Gasteiger partial charge in [-0.25, -0.2) is 19.4 Å². The van der Waals surface area contributed by atoms with Crippen molar-refractivity contribution in [2.45, 2.75) is 44.9 Å². The molecule has 3 amide bonds. The summed E-state index contributed by atoms with van der Waals surface area (Å²) in [5.74, 6) is -0.922. The van der Waals surface area contributed by atoms with Crippen LogP contribution in [0, 0.1) is 5.82 Å². The van der Waals surface area contributed by atoms with Gasteiger partial charge in [0.05, 0.1) is 28.8 Å². The maximum absolute atomic E-state index is 14.5. The number of amides is 3. The Morgan fingerprint density at radius 1 is 1.07 bits per heavy atom. The second kappa shape index (κ2) is 13.2. The summed E-state index contributed by atoms with van der Waals surface area (Å²) in [6, 6.07) is 18.4. The Labute approximate surface area is 264 Å². The number of nitrogens with zero attached hydrogens (tertiary/aromatic N) is 5. The monoisotopic (exact) mass is 627 g/mol. The zero-order valence-electron chi connectivity index (χ0n) is 24.9. The topological polar surface area (TPSA) is 97.3 Å². The van der Waals surface area contributed by atoms with E-state index in [0.29, 0.717) is 28.7 Å². The van der Waals surface area contributed by atoms with Gasteiger partial charge < -0.3 is 14.9 Å². The van der Waals surface area contributed by atoms with Crippen molar-refractivity contribution in [2.75, 3.05) is 19.6 Å². The molecule has 0 aliphatic carbocycles. The van der Waals surface area contributed by atoms with Gasteiger partial charge in [0, 0.05) is 25.9 Å². The smallest absolute Gasteiger partial charge is 0.246 e. The number of aromatic nitrogens is 1. The van der Waals surface area contributed by atoms with Crippen LogP contribution in [-0.2, 0) is 33.8 Å². The molecule has 11 heteroatoms. The quantitative estimate of drug-likeness (QED) is 0.274. The summed E-state index contributed by atoms with van der Waals surface area (Å²) in [5.41, 5.74) is 4.56. The van der Waals surface area contributed by atoms with Gasteiger partial charge in [-0.3, -0.25) is 14.4 Å². The number of aromatic hydroxyl groups is 1. The van der Waals surface area contributed by atoms with Crippen molar-refractivity contribution in [1.29, 1.82) is 0 Å². The van der Waals surface area contributed by atoms with Crippen LogP contribution in [0.2, 0.25) is 0 Å². The van der Waals surface area contributed by atoms with Crippen molar-refractivity contribution < 1.29 is 23.9 Å². The van der Waals surface area contributed by atoms with Gasteiger partial charge in [0.2, 0.25) is 17.7 Å². The van der Waals surface area contributed by atoms with Crippen LogP contribution in [0.25, 0.3) is 10.2 Å². The van der Waals surface area contributed by atoms with Crippen LogP contribution in [0.15, 0.2) is 84.4 Å². The van der Waals surface area contributed by atoms with Crippen molar-refractivity contribution in [3.63, 3.8) is 0 Å². The summed E-state index contributed by atoms with van der Waals surface area (Å²) in [6.45, 7) is 2.43. The van der Waals surface area contributed by atoms with E-state index in [0.717, 1.165) is 11.1 Å². The average Bonchev–Trinajstić information content (AvgIpc) is 3.55. The summed E-state index contributed by atoms with van der Waals surface area (Å²) in [7, 11) is 0. The number of phenols is 1. The molecule has 2 saturated heterocycles. The number of aryl methyl sites for hydroxylation is 1. The molecule has 2 aliphatic rings. The van der Waals surface area contributed by atoms with E-state index in [4.69, 9.17) is 0 Å². The van der Waals surface area contributed by atoms with Crippen molar-refractivity contribution in [2.24, 2.45) is 0 Å². The van der Waals surface area contributed by atoms with Gasteiger partial charge >= 0.3 is 0 Å². The molecule has 1 N–H and O–H groups in total. The Morgan fingerprint density at radius 2 is 1.84 bits per heavy atom. The number of carbonyl (C=O) groups excluding carboxylic acids is 3. The molecule has 9 nitrogen and oxygen atoms in total. The van der Waals surface area contributed by atoms with Gasteiger partial charge in [-0.05, 0) is 48.2 Å². The molecular weight excluding hydrogens is 593 g/mol. The molecule has 4 aromatic rings. The van der Waals surface area contributed by atoms with Crippen LogP contribution < -0.4 is 0 Å². The molecule has 0 saturated carbocycles. The minimum Gasteiger partial charge on any atom is -0.508 e. The van der Waals surface area contributed by atoms with E-state index in [1.54, 1.807) is 55.7 Å². The standard InChI is InChI=1S/C34H34FN5O4S/c1-2-3-17-38-21-31(43)39-28(18-24-9-13-26(41)14-10-24)34(44)37(19-25-12-15-27(35)33-32(25)36-22-45-33)20-29(39)40(38)30(42)16-11-23-7-5-4-6-8-23/h2-10,12-15,22,28-29,41H,11,16-21H2,1H3/b3-2+/t28-,29-/m0/s1. The predicted octanol–water partition coefficient (Wildman–Crippen LogP) is 4.52. The number of allylic oxidation sites excluding steroid dienone is 1. The number of hydrogen-bond acceptors (Lipinski definition) is 7. The van der Waals surface area contributed by atoms with Gasteiger partial charge in [-0.1, -0.05) is 60.7 Å². The lowest BCUT2D eigenvalue weighted by molar-refractivity contribution is -0.205. The van der Waals surface area contributed by atoms with E-state index in [2.05, 4.69) is 4.98 Å². The molecule has 6 rings (SSSR count). The largest absolute Gasteiger partial charge is 0.508 e. The molecule has 2 aliphatic heterocycles. The minimum absolute atomic E-state index is 0.0469. The first-order valence-electron chi connectivity index (χ1n) is 14.9. The van der Waals surface area contributed by atoms with Crippen molar-refractivity contribution >= 4 is 39.3 Å². The van der Waals surface area contributed by atoms with E-state index < -0.39 is 12.2 Å². The van der Waals surface area contributed by atoms with Crippen molar-refractivity contribution in [3.05, 3.63) is 107 Å². The molecule has 3 aromatic carbocycles. The Hall–Kier alpha value is -4.61. The van der Waals surface area contributed by atoms with Crippen LogP contribution in [0.5, 0.6) is 5.75 Å². The number of hydrogen-bond donors (Lipinski definition) is 1. The van der Waals surface area contributed by atoms with E-state index in [1.807, 2.05) is 49.4 Å². The van der Waals surface area contributed by atoms with Crippen LogP contribution in [0.4, 0.5) is 4.39 Å². The molecule has 232 valence electrons. The maximum Gasteiger partial charge on any atom is 0.246 e. The molecule has 2 fully saturated rings. The van der Waals surface area contributed by atoms with Gasteiger partial charge in [0.1, 0.15) is 23.8 Å². The molecule has 0 unspecified atom stereocenters. The number of benzene rings is 3. The Morgan fingerprint density at radius 3 is 2.60 bits per heavy atom. The molecule has 2 atom stereocenters. The highest BCUT2D eigenvalue weighted by Gasteiger charge is 2.51. The first-order valence-corrected chi connectivity index (χ1v) is 15.8. The fourth-order valence-corrected chi connectivity index (χ4v) is 6.89. The number of hydrazine groups is 1. The highest BCUT2D eigenvalue weighted by molar-refractivity contribution is 7.16. The minimum atomic E-state index is -0.888. The zero-order chi connectivity index (χ0) is 31.5. The maximum atomic E-state index is 14.5. The normalized spacial score (nSPS) is 19.1. The van der Waals surface area contributed by atoms with E-state index >= 15 is 0 Å². The number of fused-ring (bicyclic) bond motifs is 2. The third-order valence-corrected chi connectivity index (χ3v) is 9.19. The highest BCUT2D eigenvalue weighted by atomic mass is 32.1. The number of phenolic OH excluding ortho intramolecular Hbond substituents is 1. The molecular formula is C34H34FN5O4S. The van der Waals surface area contributed by atoms with Crippen LogP contribution in [-0.4, -0.2) is 79.5 Å². The van der Waals surface area contributed by atoms with Crippen molar-refractivity contribution in [3.8, 4) is 5.75 Å². The lowest BCUT2D eigenvalue weighted by Crippen LogP contribution is -2.75. The Kier molecular flexibility index (Phi) is 8.90. The summed E-state index contributed by atoms with van der Waals surface area (Å²) in [6.07, 6.45) is 3.99. The van der Waals surface area contributed by atoms with Gasteiger partial charge in [0.15, 0.2) is 0 Å². The zero-order valence-corrected chi connectivity index (χ0v) is 25.7. The lowest BCUT2D eigenvalue weighted by atomic mass is 9.98. The third-order valence-electron chi connectivity index (χ3n) is 8.35. The number of piperazine rings is 1. The number of halogens is 1. The van der Waals surface area contributed by atoms with E-state index in [1.165, 1.54) is 17.4 Å². The van der Waals surface area contributed by atoms with Crippen LogP contribution in [0.1, 0.15) is 30.0 Å². The molecule has 0 spiro atoms. The first-order chi connectivity index (χ1) is 21.8. The fraction of sp³-hybridized carbons (Fsp3) is 0.294. The molecule has 0 radical (unpaired) electrons. The summed E-state index contributed by atoms with van der Waals surface area (Å²) < 4.78 is 14.9. The summed E-state index contributed by atoms with van der Waals surface area (Å²) >= 11 is 1.20. The van der Waals surface area contributed by atoms with E-state index in [9.17, 15) is 23.9 Å². The van der Waals surface area contributed by atoms with Gasteiger partial charge in [-0.15, -0.1) is 11.3 Å². The summed E-state index contributed by atoms with van der Waals surface area (Å²) in [4.78, 5) is 49.8. The fourth-order valence-electron chi connectivity index (χ4n) is 6.15. The van der Waals surface area contributed by atoms with Crippen LogP contribution >= 0.6 is 11.3 Å². The molecule has 45 heavy (non-hydrogen) atoms. The Balaban J connectivity index is 1.37. The summed E-state index contributed by atoms with van der Waals surface area (Å²) in [5, 5.41) is 13.3. The highest BCUT2D eigenvalue weighted by Crippen LogP contribution is 2.32. The average molecular weight is 628 g/mol. The molecule has 3 heterocycles. The second-order valence-electron chi connectivity index (χ2n) is 11.3. The lowest BCUT2D eigenvalue weighted by Gasteiger charge is -2.55. The number of carbonyl (C=O) groups is 3. The SMILES string of the molecule is C/C=C/CN1CC(=O)N2[C@@H](Cc3ccc(O)cc3)C(=O)N(Cc3ccc(F)c4scnc34)C[C@@H]2N1C(=O)CCc1ccccc1. The van der Waals surface area contributed by atoms with E-state index in [-0.39, 0.29) is 61.8 Å². The van der Waals surface area contributed by atoms with Gasteiger partial charge in [-0.2, -0.15) is 0 Å².